The number of thioether (sulfide) groups is 1. The SMILES string of the molecule is Cc1cccc(F)c1NC1C[C@H](C)Sc2sccc21. The van der Waals surface area contributed by atoms with Crippen LogP contribution in [0.2, 0.25) is 0 Å². The number of halogens is 1. The molecule has 2 aromatic rings. The number of anilines is 1. The number of rotatable bonds is 2. The van der Waals surface area contributed by atoms with Crippen LogP contribution in [0.25, 0.3) is 0 Å². The molecule has 2 atom stereocenters. The van der Waals surface area contributed by atoms with E-state index in [4.69, 9.17) is 0 Å². The Morgan fingerprint density at radius 2 is 2.16 bits per heavy atom. The Balaban J connectivity index is 1.92. The van der Waals surface area contributed by atoms with Crippen molar-refractivity contribution in [2.75, 3.05) is 5.32 Å². The van der Waals surface area contributed by atoms with Crippen LogP contribution in [0.3, 0.4) is 0 Å². The number of thiophene rings is 1. The molecule has 2 heterocycles. The first kappa shape index (κ1) is 13.0. The molecule has 0 amide bonds. The molecule has 0 aliphatic carbocycles. The van der Waals surface area contributed by atoms with Gasteiger partial charge in [-0.1, -0.05) is 19.1 Å². The van der Waals surface area contributed by atoms with E-state index in [0.717, 1.165) is 12.0 Å². The zero-order chi connectivity index (χ0) is 13.4. The van der Waals surface area contributed by atoms with Crippen LogP contribution < -0.4 is 5.32 Å². The van der Waals surface area contributed by atoms with Gasteiger partial charge < -0.3 is 5.32 Å². The van der Waals surface area contributed by atoms with Crippen molar-refractivity contribution in [3.63, 3.8) is 0 Å². The van der Waals surface area contributed by atoms with E-state index in [2.05, 4.69) is 23.7 Å². The Bertz CT molecular complexity index is 573. The van der Waals surface area contributed by atoms with Gasteiger partial charge in [-0.05, 0) is 42.0 Å². The molecule has 1 N–H and O–H groups in total. The van der Waals surface area contributed by atoms with E-state index in [1.54, 1.807) is 17.4 Å². The molecule has 0 fully saturated rings. The van der Waals surface area contributed by atoms with Crippen LogP contribution in [0, 0.1) is 12.7 Å². The number of hydrogen-bond donors (Lipinski definition) is 1. The standard InChI is InChI=1S/C15H16FNS2/c1-9-4-3-5-12(16)14(9)17-13-8-10(2)19-15-11(13)6-7-18-15/h3-7,10,13,17H,8H2,1-2H3/t10-,13?/m0/s1. The van der Waals surface area contributed by atoms with Crippen molar-refractivity contribution in [3.05, 3.63) is 46.6 Å². The maximum absolute atomic E-state index is 13.9. The van der Waals surface area contributed by atoms with E-state index in [1.165, 1.54) is 15.8 Å². The van der Waals surface area contributed by atoms with Crippen molar-refractivity contribution < 1.29 is 4.39 Å². The van der Waals surface area contributed by atoms with Crippen molar-refractivity contribution in [2.24, 2.45) is 0 Å². The smallest absolute Gasteiger partial charge is 0.146 e. The fourth-order valence-corrected chi connectivity index (χ4v) is 5.04. The van der Waals surface area contributed by atoms with Gasteiger partial charge in [0.15, 0.2) is 0 Å². The van der Waals surface area contributed by atoms with Crippen LogP contribution >= 0.6 is 23.1 Å². The highest BCUT2D eigenvalue weighted by Crippen LogP contribution is 2.45. The Morgan fingerprint density at radius 3 is 2.95 bits per heavy atom. The van der Waals surface area contributed by atoms with E-state index in [9.17, 15) is 4.39 Å². The second-order valence-corrected chi connectivity index (χ2v) is 7.58. The molecule has 1 aliphatic heterocycles. The summed E-state index contributed by atoms with van der Waals surface area (Å²) in [7, 11) is 0. The van der Waals surface area contributed by atoms with Crippen LogP contribution in [-0.2, 0) is 0 Å². The molecule has 1 nitrogen and oxygen atoms in total. The maximum Gasteiger partial charge on any atom is 0.146 e. The Morgan fingerprint density at radius 1 is 1.32 bits per heavy atom. The lowest BCUT2D eigenvalue weighted by Gasteiger charge is -2.29. The van der Waals surface area contributed by atoms with Crippen LogP contribution in [0.5, 0.6) is 0 Å². The van der Waals surface area contributed by atoms with Crippen molar-refractivity contribution in [3.8, 4) is 0 Å². The van der Waals surface area contributed by atoms with Crippen LogP contribution in [0.15, 0.2) is 33.9 Å². The van der Waals surface area contributed by atoms with E-state index in [-0.39, 0.29) is 11.9 Å². The summed E-state index contributed by atoms with van der Waals surface area (Å²) in [6.07, 6.45) is 1.03. The molecule has 0 bridgehead atoms. The van der Waals surface area contributed by atoms with Gasteiger partial charge in [-0.2, -0.15) is 0 Å². The van der Waals surface area contributed by atoms with E-state index in [1.807, 2.05) is 24.8 Å². The van der Waals surface area contributed by atoms with E-state index in [0.29, 0.717) is 10.9 Å². The molecule has 0 saturated heterocycles. The first-order valence-corrected chi connectivity index (χ1v) is 8.17. The van der Waals surface area contributed by atoms with E-state index >= 15 is 0 Å². The number of hydrogen-bond acceptors (Lipinski definition) is 3. The summed E-state index contributed by atoms with van der Waals surface area (Å²) in [5.74, 6) is -0.164. The molecule has 1 aromatic carbocycles. The van der Waals surface area contributed by atoms with Gasteiger partial charge in [0.2, 0.25) is 0 Å². The topological polar surface area (TPSA) is 12.0 Å². The predicted molar refractivity (Wildman–Crippen MR) is 81.8 cm³/mol. The Hall–Kier alpha value is -1.00. The van der Waals surface area contributed by atoms with E-state index < -0.39 is 0 Å². The maximum atomic E-state index is 13.9. The first-order valence-electron chi connectivity index (χ1n) is 6.41. The van der Waals surface area contributed by atoms with Crippen molar-refractivity contribution in [2.45, 2.75) is 35.8 Å². The lowest BCUT2D eigenvalue weighted by molar-refractivity contribution is 0.615. The lowest BCUT2D eigenvalue weighted by Crippen LogP contribution is -2.20. The third-order valence-electron chi connectivity index (χ3n) is 3.45. The summed E-state index contributed by atoms with van der Waals surface area (Å²) in [6.45, 7) is 4.18. The van der Waals surface area contributed by atoms with Crippen molar-refractivity contribution in [1.82, 2.24) is 0 Å². The van der Waals surface area contributed by atoms with Gasteiger partial charge >= 0.3 is 0 Å². The minimum atomic E-state index is -0.164. The largest absolute Gasteiger partial charge is 0.376 e. The fourth-order valence-electron chi connectivity index (χ4n) is 2.47. The number of nitrogens with one attached hydrogen (secondary N) is 1. The summed E-state index contributed by atoms with van der Waals surface area (Å²) in [5.41, 5.74) is 2.92. The van der Waals surface area contributed by atoms with Crippen LogP contribution in [0.1, 0.15) is 30.5 Å². The van der Waals surface area contributed by atoms with Crippen LogP contribution in [-0.4, -0.2) is 5.25 Å². The number of para-hydroxylation sites is 1. The molecule has 3 rings (SSSR count). The third kappa shape index (κ3) is 2.51. The summed E-state index contributed by atoms with van der Waals surface area (Å²) < 4.78 is 15.3. The monoisotopic (exact) mass is 293 g/mol. The molecule has 1 aliphatic rings. The number of fused-ring (bicyclic) bond motifs is 1. The molecule has 100 valence electrons. The second kappa shape index (κ2) is 5.17. The zero-order valence-electron chi connectivity index (χ0n) is 10.9. The fraction of sp³-hybridized carbons (Fsp3) is 0.333. The summed E-state index contributed by atoms with van der Waals surface area (Å²) in [5, 5.41) is 6.10. The van der Waals surface area contributed by atoms with Gasteiger partial charge in [-0.15, -0.1) is 23.1 Å². The van der Waals surface area contributed by atoms with Crippen LogP contribution in [0.4, 0.5) is 10.1 Å². The van der Waals surface area contributed by atoms with Gasteiger partial charge in [0.25, 0.3) is 0 Å². The second-order valence-electron chi connectivity index (χ2n) is 4.96. The highest BCUT2D eigenvalue weighted by atomic mass is 32.2. The molecule has 0 saturated carbocycles. The van der Waals surface area contributed by atoms with Crippen molar-refractivity contribution in [1.29, 1.82) is 0 Å². The molecule has 0 radical (unpaired) electrons. The average Bonchev–Trinajstić information content (AvgIpc) is 2.81. The Labute approximate surface area is 121 Å². The normalized spacial score (nSPS) is 22.1. The van der Waals surface area contributed by atoms with Crippen molar-refractivity contribution >= 4 is 28.8 Å². The highest BCUT2D eigenvalue weighted by molar-refractivity contribution is 8.01. The van der Waals surface area contributed by atoms with Gasteiger partial charge in [0.05, 0.1) is 15.9 Å². The summed E-state index contributed by atoms with van der Waals surface area (Å²) >= 11 is 3.71. The molecule has 1 unspecified atom stereocenters. The van der Waals surface area contributed by atoms with Gasteiger partial charge in [0, 0.05) is 5.25 Å². The van der Waals surface area contributed by atoms with Gasteiger partial charge in [-0.25, -0.2) is 4.39 Å². The number of benzene rings is 1. The third-order valence-corrected chi connectivity index (χ3v) is 5.79. The number of aryl methyl sites for hydroxylation is 1. The molecular weight excluding hydrogens is 277 g/mol. The molecule has 0 spiro atoms. The molecule has 4 heteroatoms. The first-order chi connectivity index (χ1) is 9.15. The molecule has 1 aromatic heterocycles. The summed E-state index contributed by atoms with van der Waals surface area (Å²) in [6, 6.07) is 7.59. The quantitative estimate of drug-likeness (QED) is 0.813. The minimum absolute atomic E-state index is 0.164. The predicted octanol–water partition coefficient (Wildman–Crippen LogP) is 5.23. The summed E-state index contributed by atoms with van der Waals surface area (Å²) in [4.78, 5) is 0. The van der Waals surface area contributed by atoms with Gasteiger partial charge in [0.1, 0.15) is 5.82 Å². The Kier molecular flexibility index (Phi) is 3.54. The van der Waals surface area contributed by atoms with Gasteiger partial charge in [-0.3, -0.25) is 0 Å². The highest BCUT2D eigenvalue weighted by Gasteiger charge is 2.27. The average molecular weight is 293 g/mol. The molecule has 19 heavy (non-hydrogen) atoms. The zero-order valence-corrected chi connectivity index (χ0v) is 12.6. The minimum Gasteiger partial charge on any atom is -0.376 e. The lowest BCUT2D eigenvalue weighted by atomic mass is 10.0. The molecular formula is C15H16FNS2.